The molecule has 0 N–H and O–H groups in total. The van der Waals surface area contributed by atoms with Gasteiger partial charge in [0.15, 0.2) is 0 Å². The van der Waals surface area contributed by atoms with Crippen LogP contribution in [0.2, 0.25) is 0 Å². The van der Waals surface area contributed by atoms with Crippen LogP contribution < -0.4 is 0 Å². The molecule has 1 fully saturated rings. The Bertz CT molecular complexity index is 253. The monoisotopic (exact) mass is 197 g/mol. The van der Waals surface area contributed by atoms with Crippen LogP contribution in [-0.4, -0.2) is 18.6 Å². The third kappa shape index (κ3) is 2.64. The van der Waals surface area contributed by atoms with E-state index in [0.717, 1.165) is 32.1 Å². The van der Waals surface area contributed by atoms with Crippen molar-refractivity contribution >= 4 is 5.97 Å². The second kappa shape index (κ2) is 4.86. The second-order valence-electron chi connectivity index (χ2n) is 3.73. The molecule has 78 valence electrons. The van der Waals surface area contributed by atoms with Crippen molar-refractivity contribution in [1.29, 1.82) is 0 Å². The fourth-order valence-electron chi connectivity index (χ4n) is 1.96. The van der Waals surface area contributed by atoms with Crippen molar-refractivity contribution in [2.75, 3.05) is 7.11 Å². The fraction of sp³-hybridized carbons (Fsp3) is 0.889. The van der Waals surface area contributed by atoms with Crippen molar-refractivity contribution < 1.29 is 9.53 Å². The van der Waals surface area contributed by atoms with Crippen LogP contribution in [0.4, 0.5) is 0 Å². The Hall–Kier alpha value is -1.22. The molecule has 1 aliphatic carbocycles. The predicted octanol–water partition coefficient (Wildman–Crippen LogP) is 2.56. The van der Waals surface area contributed by atoms with Gasteiger partial charge in [-0.25, -0.2) is 0 Å². The Labute approximate surface area is 83.1 Å². The van der Waals surface area contributed by atoms with Crippen LogP contribution in [0.25, 0.3) is 10.4 Å². The highest BCUT2D eigenvalue weighted by Gasteiger charge is 2.33. The molecular formula is C9H15N3O2. The normalized spacial score (nSPS) is 19.5. The van der Waals surface area contributed by atoms with Gasteiger partial charge < -0.3 is 4.74 Å². The van der Waals surface area contributed by atoms with E-state index >= 15 is 0 Å². The van der Waals surface area contributed by atoms with Gasteiger partial charge in [0, 0.05) is 4.91 Å². The minimum Gasteiger partial charge on any atom is -0.469 e. The van der Waals surface area contributed by atoms with E-state index in [0.29, 0.717) is 0 Å². The molecule has 1 aliphatic rings. The lowest BCUT2D eigenvalue weighted by Gasteiger charge is -2.31. The van der Waals surface area contributed by atoms with Crippen molar-refractivity contribution in [3.05, 3.63) is 10.4 Å². The van der Waals surface area contributed by atoms with Crippen molar-refractivity contribution in [2.24, 2.45) is 5.11 Å². The van der Waals surface area contributed by atoms with E-state index in [9.17, 15) is 4.79 Å². The quantitative estimate of drug-likeness (QED) is 0.302. The number of hydrogen-bond acceptors (Lipinski definition) is 3. The number of carbonyl (C=O) groups is 1. The lowest BCUT2D eigenvalue weighted by molar-refractivity contribution is -0.142. The Kier molecular flexibility index (Phi) is 3.77. The molecule has 0 amide bonds. The number of esters is 1. The van der Waals surface area contributed by atoms with E-state index in [-0.39, 0.29) is 12.4 Å². The Morgan fingerprint density at radius 3 is 2.64 bits per heavy atom. The topological polar surface area (TPSA) is 75.1 Å². The van der Waals surface area contributed by atoms with Crippen molar-refractivity contribution in [3.8, 4) is 0 Å². The summed E-state index contributed by atoms with van der Waals surface area (Å²) in [5.74, 6) is -0.292. The van der Waals surface area contributed by atoms with Gasteiger partial charge in [-0.05, 0) is 18.4 Å². The average Bonchev–Trinajstić information content (AvgIpc) is 2.19. The van der Waals surface area contributed by atoms with Crippen LogP contribution in [0, 0.1) is 0 Å². The Balaban J connectivity index is 2.69. The minimum absolute atomic E-state index is 0.216. The van der Waals surface area contributed by atoms with Gasteiger partial charge in [-0.1, -0.05) is 24.4 Å². The smallest absolute Gasteiger partial charge is 0.306 e. The highest BCUT2D eigenvalue weighted by Crippen LogP contribution is 2.35. The van der Waals surface area contributed by atoms with E-state index in [1.807, 2.05) is 0 Å². The summed E-state index contributed by atoms with van der Waals surface area (Å²) < 4.78 is 4.60. The largest absolute Gasteiger partial charge is 0.469 e. The molecule has 0 bridgehead atoms. The van der Waals surface area contributed by atoms with Gasteiger partial charge in [-0.2, -0.15) is 0 Å². The number of methoxy groups -OCH3 is 1. The maximum absolute atomic E-state index is 11.2. The van der Waals surface area contributed by atoms with E-state index < -0.39 is 5.54 Å². The van der Waals surface area contributed by atoms with Gasteiger partial charge >= 0.3 is 5.97 Å². The summed E-state index contributed by atoms with van der Waals surface area (Å²) in [5.41, 5.74) is 7.96. The first-order valence-corrected chi connectivity index (χ1v) is 4.85. The number of carbonyl (C=O) groups excluding carboxylic acids is 1. The van der Waals surface area contributed by atoms with Gasteiger partial charge in [0.2, 0.25) is 0 Å². The number of nitrogens with zero attached hydrogens (tertiary/aromatic N) is 3. The predicted molar refractivity (Wildman–Crippen MR) is 51.6 cm³/mol. The molecule has 0 atom stereocenters. The number of hydrogen-bond donors (Lipinski definition) is 0. The number of ether oxygens (including phenoxy) is 1. The molecular weight excluding hydrogens is 182 g/mol. The van der Waals surface area contributed by atoms with E-state index in [1.165, 1.54) is 7.11 Å². The third-order valence-electron chi connectivity index (χ3n) is 2.74. The van der Waals surface area contributed by atoms with Crippen LogP contribution in [-0.2, 0) is 9.53 Å². The van der Waals surface area contributed by atoms with Gasteiger partial charge in [-0.15, -0.1) is 0 Å². The van der Waals surface area contributed by atoms with Gasteiger partial charge in [-0.3, -0.25) is 4.79 Å². The lowest BCUT2D eigenvalue weighted by Crippen LogP contribution is -2.32. The molecule has 0 aromatic rings. The van der Waals surface area contributed by atoms with Gasteiger partial charge in [0.25, 0.3) is 0 Å². The van der Waals surface area contributed by atoms with E-state index in [2.05, 4.69) is 14.8 Å². The lowest BCUT2D eigenvalue weighted by atomic mass is 9.80. The summed E-state index contributed by atoms with van der Waals surface area (Å²) in [6.07, 6.45) is 5.02. The molecule has 0 unspecified atom stereocenters. The molecule has 0 spiro atoms. The van der Waals surface area contributed by atoms with E-state index in [1.54, 1.807) is 0 Å². The van der Waals surface area contributed by atoms with Crippen LogP contribution >= 0.6 is 0 Å². The zero-order valence-electron chi connectivity index (χ0n) is 8.40. The number of rotatable bonds is 3. The summed E-state index contributed by atoms with van der Waals surface area (Å²) in [6.45, 7) is 0. The van der Waals surface area contributed by atoms with Crippen molar-refractivity contribution in [2.45, 2.75) is 44.1 Å². The van der Waals surface area contributed by atoms with Crippen LogP contribution in [0.15, 0.2) is 5.11 Å². The summed E-state index contributed by atoms with van der Waals surface area (Å²) in [4.78, 5) is 14.0. The molecule has 1 rings (SSSR count). The molecule has 0 saturated heterocycles. The summed E-state index contributed by atoms with van der Waals surface area (Å²) in [7, 11) is 1.36. The first-order valence-electron chi connectivity index (χ1n) is 4.85. The van der Waals surface area contributed by atoms with Gasteiger partial charge in [0.05, 0.1) is 19.1 Å². The van der Waals surface area contributed by atoms with Crippen LogP contribution in [0.3, 0.4) is 0 Å². The first-order chi connectivity index (χ1) is 6.72. The fourth-order valence-corrected chi connectivity index (χ4v) is 1.96. The maximum atomic E-state index is 11.2. The SMILES string of the molecule is COC(=O)CC1(N=[N+]=[N-])CCCCC1. The molecule has 0 aromatic carbocycles. The minimum atomic E-state index is -0.514. The third-order valence-corrected chi connectivity index (χ3v) is 2.74. The van der Waals surface area contributed by atoms with E-state index in [4.69, 9.17) is 5.53 Å². The Morgan fingerprint density at radius 2 is 2.14 bits per heavy atom. The van der Waals surface area contributed by atoms with Crippen LogP contribution in [0.1, 0.15) is 38.5 Å². The number of azide groups is 1. The highest BCUT2D eigenvalue weighted by molar-refractivity contribution is 5.70. The van der Waals surface area contributed by atoms with Crippen molar-refractivity contribution in [1.82, 2.24) is 0 Å². The van der Waals surface area contributed by atoms with Crippen LogP contribution in [0.5, 0.6) is 0 Å². The summed E-state index contributed by atoms with van der Waals surface area (Å²) >= 11 is 0. The molecule has 14 heavy (non-hydrogen) atoms. The summed E-state index contributed by atoms with van der Waals surface area (Å²) in [6, 6.07) is 0. The molecule has 5 heteroatoms. The first kappa shape index (κ1) is 10.9. The summed E-state index contributed by atoms with van der Waals surface area (Å²) in [5, 5.41) is 3.78. The zero-order chi connectivity index (χ0) is 10.4. The van der Waals surface area contributed by atoms with Crippen molar-refractivity contribution in [3.63, 3.8) is 0 Å². The maximum Gasteiger partial charge on any atom is 0.306 e. The Morgan fingerprint density at radius 1 is 1.50 bits per heavy atom. The molecule has 5 nitrogen and oxygen atoms in total. The molecule has 0 heterocycles. The average molecular weight is 197 g/mol. The molecule has 0 aliphatic heterocycles. The standard InChI is InChI=1S/C9H15N3O2/c1-14-8(13)7-9(11-12-10)5-3-2-4-6-9/h2-7H2,1H3. The zero-order valence-corrected chi connectivity index (χ0v) is 8.40. The van der Waals surface area contributed by atoms with Gasteiger partial charge in [0.1, 0.15) is 0 Å². The molecule has 0 aromatic heterocycles. The molecule has 1 saturated carbocycles. The second-order valence-corrected chi connectivity index (χ2v) is 3.73. The highest BCUT2D eigenvalue weighted by atomic mass is 16.5. The molecule has 0 radical (unpaired) electrons.